The van der Waals surface area contributed by atoms with E-state index < -0.39 is 0 Å². The second kappa shape index (κ2) is 9.42. The number of carbonyl (C=O) groups is 1. The molecule has 4 aromatic carbocycles. The Balaban J connectivity index is 1.33. The van der Waals surface area contributed by atoms with E-state index in [0.717, 1.165) is 5.75 Å². The summed E-state index contributed by atoms with van der Waals surface area (Å²) in [5, 5.41) is 2.90. The molecule has 0 fully saturated rings. The molecule has 0 aliphatic heterocycles. The fourth-order valence-corrected chi connectivity index (χ4v) is 3.44. The highest BCUT2D eigenvalue weighted by molar-refractivity contribution is 6.08. The number of para-hydroxylation sites is 1. The first-order valence-corrected chi connectivity index (χ1v) is 10.6. The number of hydrogen-bond donors (Lipinski definition) is 1. The summed E-state index contributed by atoms with van der Waals surface area (Å²) in [6.45, 7) is 0. The van der Waals surface area contributed by atoms with Crippen LogP contribution in [0.3, 0.4) is 0 Å². The van der Waals surface area contributed by atoms with Crippen molar-refractivity contribution in [1.82, 2.24) is 4.98 Å². The standard InChI is InChI=1S/C28H19FN2O3/c29-20-12-10-19(11-13-20)26-18-30-28(34-26)25-9-5-4-8-24(25)27(32)31-21-14-16-23(17-15-21)33-22-6-2-1-3-7-22/h1-18H,(H,31,32). The third kappa shape index (κ3) is 4.71. The Hall–Kier alpha value is -4.71. The Morgan fingerprint density at radius 3 is 2.24 bits per heavy atom. The summed E-state index contributed by atoms with van der Waals surface area (Å²) in [6, 6.07) is 29.6. The van der Waals surface area contributed by atoms with Crippen LogP contribution in [0.25, 0.3) is 22.8 Å². The lowest BCUT2D eigenvalue weighted by Gasteiger charge is -2.10. The fourth-order valence-electron chi connectivity index (χ4n) is 3.44. The van der Waals surface area contributed by atoms with E-state index in [-0.39, 0.29) is 11.7 Å². The molecule has 5 nitrogen and oxygen atoms in total. The van der Waals surface area contributed by atoms with Crippen LogP contribution in [0.4, 0.5) is 10.1 Å². The normalized spacial score (nSPS) is 10.6. The van der Waals surface area contributed by atoms with Gasteiger partial charge in [0.2, 0.25) is 5.89 Å². The molecule has 0 saturated carbocycles. The Kier molecular flexibility index (Phi) is 5.86. The van der Waals surface area contributed by atoms with Gasteiger partial charge in [0.25, 0.3) is 5.91 Å². The fraction of sp³-hybridized carbons (Fsp3) is 0. The zero-order valence-corrected chi connectivity index (χ0v) is 17.9. The first-order valence-electron chi connectivity index (χ1n) is 10.6. The number of benzene rings is 4. The van der Waals surface area contributed by atoms with Crippen molar-refractivity contribution in [1.29, 1.82) is 0 Å². The quantitative estimate of drug-likeness (QED) is 0.297. The molecule has 5 aromatic rings. The maximum Gasteiger partial charge on any atom is 0.256 e. The first-order chi connectivity index (χ1) is 16.7. The highest BCUT2D eigenvalue weighted by Crippen LogP contribution is 2.29. The summed E-state index contributed by atoms with van der Waals surface area (Å²) in [5.41, 5.74) is 2.29. The van der Waals surface area contributed by atoms with Crippen LogP contribution in [0.15, 0.2) is 114 Å². The number of carbonyl (C=O) groups excluding carboxylic acids is 1. The van der Waals surface area contributed by atoms with Crippen LogP contribution >= 0.6 is 0 Å². The smallest absolute Gasteiger partial charge is 0.256 e. The molecule has 1 aromatic heterocycles. The van der Waals surface area contributed by atoms with E-state index in [2.05, 4.69) is 10.3 Å². The summed E-state index contributed by atoms with van der Waals surface area (Å²) in [5.74, 6) is 1.56. The Bertz CT molecular complexity index is 1410. The molecule has 0 spiro atoms. The molecule has 5 rings (SSSR count). The van der Waals surface area contributed by atoms with Crippen molar-refractivity contribution in [2.24, 2.45) is 0 Å². The van der Waals surface area contributed by atoms with Crippen LogP contribution in [0.5, 0.6) is 11.5 Å². The monoisotopic (exact) mass is 450 g/mol. The number of nitrogens with one attached hydrogen (secondary N) is 1. The predicted octanol–water partition coefficient (Wildman–Crippen LogP) is 7.19. The van der Waals surface area contributed by atoms with Gasteiger partial charge < -0.3 is 14.5 Å². The zero-order valence-electron chi connectivity index (χ0n) is 17.9. The molecule has 0 aliphatic carbocycles. The number of nitrogens with zero attached hydrogens (tertiary/aromatic N) is 1. The van der Waals surface area contributed by atoms with Crippen LogP contribution in [-0.2, 0) is 0 Å². The molecular weight excluding hydrogens is 431 g/mol. The Labute approximate surface area is 195 Å². The Morgan fingerprint density at radius 1 is 0.794 bits per heavy atom. The summed E-state index contributed by atoms with van der Waals surface area (Å²) in [7, 11) is 0. The van der Waals surface area contributed by atoms with E-state index in [1.54, 1.807) is 60.8 Å². The molecular formula is C28H19FN2O3. The minimum atomic E-state index is -0.329. The molecule has 0 radical (unpaired) electrons. The molecule has 1 N–H and O–H groups in total. The third-order valence-corrected chi connectivity index (χ3v) is 5.13. The van der Waals surface area contributed by atoms with Crippen LogP contribution < -0.4 is 10.1 Å². The lowest BCUT2D eigenvalue weighted by molar-refractivity contribution is 0.102. The van der Waals surface area contributed by atoms with Gasteiger partial charge in [-0.2, -0.15) is 0 Å². The van der Waals surface area contributed by atoms with Crippen molar-refractivity contribution in [3.8, 4) is 34.3 Å². The summed E-state index contributed by atoms with van der Waals surface area (Å²) in [4.78, 5) is 17.4. The van der Waals surface area contributed by atoms with Gasteiger partial charge in [-0.05, 0) is 72.8 Å². The van der Waals surface area contributed by atoms with Crippen LogP contribution in [-0.4, -0.2) is 10.9 Å². The number of oxazole rings is 1. The SMILES string of the molecule is O=C(Nc1ccc(Oc2ccccc2)cc1)c1ccccc1-c1ncc(-c2ccc(F)cc2)o1. The van der Waals surface area contributed by atoms with Gasteiger partial charge in [0.1, 0.15) is 17.3 Å². The van der Waals surface area contributed by atoms with Crippen molar-refractivity contribution in [2.45, 2.75) is 0 Å². The largest absolute Gasteiger partial charge is 0.457 e. The van der Waals surface area contributed by atoms with Crippen molar-refractivity contribution >= 4 is 11.6 Å². The van der Waals surface area contributed by atoms with Crippen molar-refractivity contribution in [3.63, 3.8) is 0 Å². The average Bonchev–Trinajstić information content (AvgIpc) is 3.36. The maximum atomic E-state index is 13.2. The van der Waals surface area contributed by atoms with Gasteiger partial charge in [-0.3, -0.25) is 4.79 Å². The Morgan fingerprint density at radius 2 is 1.47 bits per heavy atom. The zero-order chi connectivity index (χ0) is 23.3. The van der Waals surface area contributed by atoms with Crippen LogP contribution in [0.1, 0.15) is 10.4 Å². The van der Waals surface area contributed by atoms with Crippen molar-refractivity contribution in [3.05, 3.63) is 121 Å². The highest BCUT2D eigenvalue weighted by atomic mass is 19.1. The molecule has 1 heterocycles. The van der Waals surface area contributed by atoms with E-state index in [0.29, 0.717) is 39.8 Å². The molecule has 0 saturated heterocycles. The van der Waals surface area contributed by atoms with E-state index in [1.807, 2.05) is 36.4 Å². The lowest BCUT2D eigenvalue weighted by atomic mass is 10.1. The van der Waals surface area contributed by atoms with Gasteiger partial charge in [-0.15, -0.1) is 0 Å². The molecule has 34 heavy (non-hydrogen) atoms. The minimum Gasteiger partial charge on any atom is -0.457 e. The molecule has 0 aliphatic rings. The minimum absolute atomic E-state index is 0.297. The number of anilines is 1. The number of aromatic nitrogens is 1. The van der Waals surface area contributed by atoms with Crippen molar-refractivity contribution < 1.29 is 18.3 Å². The predicted molar refractivity (Wildman–Crippen MR) is 128 cm³/mol. The van der Waals surface area contributed by atoms with Gasteiger partial charge >= 0.3 is 0 Å². The highest BCUT2D eigenvalue weighted by Gasteiger charge is 2.17. The molecule has 0 bridgehead atoms. The summed E-state index contributed by atoms with van der Waals surface area (Å²) >= 11 is 0. The number of halogens is 1. The molecule has 0 atom stereocenters. The van der Waals surface area contributed by atoms with Gasteiger partial charge in [-0.1, -0.05) is 30.3 Å². The number of hydrogen-bond acceptors (Lipinski definition) is 4. The molecule has 6 heteroatoms. The van der Waals surface area contributed by atoms with E-state index in [4.69, 9.17) is 9.15 Å². The molecule has 1 amide bonds. The van der Waals surface area contributed by atoms with E-state index in [9.17, 15) is 9.18 Å². The second-order valence-corrected chi connectivity index (χ2v) is 7.48. The average molecular weight is 450 g/mol. The van der Waals surface area contributed by atoms with Crippen LogP contribution in [0.2, 0.25) is 0 Å². The topological polar surface area (TPSA) is 64.4 Å². The maximum absolute atomic E-state index is 13.2. The molecule has 0 unspecified atom stereocenters. The van der Waals surface area contributed by atoms with E-state index >= 15 is 0 Å². The number of rotatable bonds is 6. The lowest BCUT2D eigenvalue weighted by Crippen LogP contribution is -2.13. The van der Waals surface area contributed by atoms with E-state index in [1.165, 1.54) is 12.1 Å². The first kappa shape index (κ1) is 21.2. The van der Waals surface area contributed by atoms with Gasteiger partial charge in [0.15, 0.2) is 5.76 Å². The van der Waals surface area contributed by atoms with Gasteiger partial charge in [0.05, 0.1) is 11.8 Å². The number of ether oxygens (including phenoxy) is 1. The van der Waals surface area contributed by atoms with Crippen LogP contribution in [0, 0.1) is 5.82 Å². The van der Waals surface area contributed by atoms with Gasteiger partial charge in [0, 0.05) is 16.8 Å². The van der Waals surface area contributed by atoms with Gasteiger partial charge in [-0.25, -0.2) is 9.37 Å². The number of amides is 1. The molecule has 166 valence electrons. The van der Waals surface area contributed by atoms with Crippen molar-refractivity contribution in [2.75, 3.05) is 5.32 Å². The second-order valence-electron chi connectivity index (χ2n) is 7.48. The third-order valence-electron chi connectivity index (χ3n) is 5.13. The summed E-state index contributed by atoms with van der Waals surface area (Å²) in [6.07, 6.45) is 1.56. The summed E-state index contributed by atoms with van der Waals surface area (Å²) < 4.78 is 24.9.